The van der Waals surface area contributed by atoms with E-state index >= 15 is 0 Å². The molecule has 1 fully saturated rings. The Morgan fingerprint density at radius 2 is 1.93 bits per heavy atom. The number of hydrogen-bond donors (Lipinski definition) is 0. The monoisotopic (exact) mass is 208 g/mol. The van der Waals surface area contributed by atoms with Crippen molar-refractivity contribution < 1.29 is 4.84 Å². The highest BCUT2D eigenvalue weighted by molar-refractivity contribution is 5.11. The Labute approximate surface area is 91.4 Å². The van der Waals surface area contributed by atoms with Crippen LogP contribution in [0.2, 0.25) is 0 Å². The van der Waals surface area contributed by atoms with Crippen molar-refractivity contribution in [1.29, 1.82) is 0 Å². The minimum Gasteiger partial charge on any atom is -0.397 e. The van der Waals surface area contributed by atoms with Crippen molar-refractivity contribution in [2.45, 2.75) is 34.1 Å². The number of hydrogen-bond acceptors (Lipinski definition) is 2. The molecule has 0 aromatic carbocycles. The summed E-state index contributed by atoms with van der Waals surface area (Å²) in [7, 11) is 0. The van der Waals surface area contributed by atoms with Gasteiger partial charge in [-0.3, -0.25) is 0 Å². The van der Waals surface area contributed by atoms with Gasteiger partial charge >= 0.3 is 0 Å². The van der Waals surface area contributed by atoms with Gasteiger partial charge in [0.25, 0.3) is 0 Å². The smallest absolute Gasteiger partial charge is 0.117 e. The third-order valence-electron chi connectivity index (χ3n) is 4.43. The summed E-state index contributed by atoms with van der Waals surface area (Å²) in [6, 6.07) is 1.87. The Balaban J connectivity index is 1.77. The molecule has 0 amide bonds. The van der Waals surface area contributed by atoms with Gasteiger partial charge in [0.2, 0.25) is 0 Å². The van der Waals surface area contributed by atoms with Gasteiger partial charge in [-0.1, -0.05) is 27.7 Å². The van der Waals surface area contributed by atoms with Crippen LogP contribution in [-0.2, 0) is 0 Å². The van der Waals surface area contributed by atoms with E-state index in [4.69, 9.17) is 4.84 Å². The van der Waals surface area contributed by atoms with Gasteiger partial charge in [0.05, 0.1) is 12.4 Å². The summed E-state index contributed by atoms with van der Waals surface area (Å²) in [6.07, 6.45) is 4.66. The van der Waals surface area contributed by atoms with Gasteiger partial charge in [-0.2, -0.15) is 0 Å². The van der Waals surface area contributed by atoms with Crippen molar-refractivity contribution in [3.8, 4) is 0 Å². The Morgan fingerprint density at radius 1 is 1.27 bits per heavy atom. The lowest BCUT2D eigenvalue weighted by atomic mass is 10.0. The maximum Gasteiger partial charge on any atom is 0.117 e. The maximum absolute atomic E-state index is 5.49. The molecule has 3 nitrogen and oxygen atoms in total. The molecule has 1 aliphatic carbocycles. The van der Waals surface area contributed by atoms with Crippen molar-refractivity contribution in [1.82, 2.24) is 9.94 Å². The van der Waals surface area contributed by atoms with Gasteiger partial charge in [0.1, 0.15) is 6.61 Å². The Hall–Kier alpha value is -0.990. The van der Waals surface area contributed by atoms with Crippen LogP contribution in [0.25, 0.3) is 0 Å². The Bertz CT molecular complexity index is 313. The highest BCUT2D eigenvalue weighted by Gasteiger charge is 2.63. The first kappa shape index (κ1) is 10.5. The van der Waals surface area contributed by atoms with E-state index in [1.807, 2.05) is 12.3 Å². The van der Waals surface area contributed by atoms with E-state index in [-0.39, 0.29) is 0 Å². The van der Waals surface area contributed by atoms with Crippen LogP contribution < -0.4 is 4.84 Å². The van der Waals surface area contributed by atoms with Crippen molar-refractivity contribution >= 4 is 0 Å². The highest BCUT2D eigenvalue weighted by Crippen LogP contribution is 2.69. The molecule has 0 unspecified atom stereocenters. The average Bonchev–Trinajstić information content (AvgIpc) is 2.62. The molecule has 1 aliphatic rings. The minimum absolute atomic E-state index is 0.459. The van der Waals surface area contributed by atoms with Gasteiger partial charge in [0.15, 0.2) is 0 Å². The third kappa shape index (κ3) is 1.64. The summed E-state index contributed by atoms with van der Waals surface area (Å²) >= 11 is 0. The lowest BCUT2D eigenvalue weighted by Crippen LogP contribution is -2.14. The second-order valence-corrected chi connectivity index (χ2v) is 5.53. The normalized spacial score (nSPS) is 22.7. The lowest BCUT2D eigenvalue weighted by Gasteiger charge is -2.05. The molecule has 15 heavy (non-hydrogen) atoms. The standard InChI is InChI=1S/C12H20N2O/c1-11(2)10(12(11,3)4)6-9-15-14-8-5-7-13-14/h5,7-8,10H,6,9H2,1-4H3. The van der Waals surface area contributed by atoms with Crippen molar-refractivity contribution in [2.24, 2.45) is 16.7 Å². The summed E-state index contributed by atoms with van der Waals surface area (Å²) in [5, 5.41) is 4.00. The molecule has 2 rings (SSSR count). The molecule has 1 aromatic heterocycles. The van der Waals surface area contributed by atoms with Crippen LogP contribution in [0.4, 0.5) is 0 Å². The lowest BCUT2D eigenvalue weighted by molar-refractivity contribution is 0.0753. The minimum atomic E-state index is 0.459. The molecular formula is C12H20N2O. The summed E-state index contributed by atoms with van der Waals surface area (Å²) in [5.41, 5.74) is 0.918. The predicted molar refractivity (Wildman–Crippen MR) is 59.3 cm³/mol. The van der Waals surface area contributed by atoms with E-state index in [2.05, 4.69) is 32.8 Å². The quantitative estimate of drug-likeness (QED) is 0.759. The van der Waals surface area contributed by atoms with Crippen molar-refractivity contribution in [3.05, 3.63) is 18.5 Å². The first-order valence-electron chi connectivity index (χ1n) is 5.59. The highest BCUT2D eigenvalue weighted by atomic mass is 16.7. The van der Waals surface area contributed by atoms with Gasteiger partial charge in [-0.25, -0.2) is 0 Å². The number of aromatic nitrogens is 2. The second-order valence-electron chi connectivity index (χ2n) is 5.53. The van der Waals surface area contributed by atoms with Crippen LogP contribution in [0, 0.1) is 16.7 Å². The molecular weight excluding hydrogens is 188 g/mol. The predicted octanol–water partition coefficient (Wildman–Crippen LogP) is 2.38. The zero-order chi connectivity index (χ0) is 11.1. The van der Waals surface area contributed by atoms with Crippen LogP contribution >= 0.6 is 0 Å². The molecule has 0 bridgehead atoms. The summed E-state index contributed by atoms with van der Waals surface area (Å²) in [6.45, 7) is 10.1. The SMILES string of the molecule is CC1(C)C(CCOn2cccn2)C1(C)C. The topological polar surface area (TPSA) is 27.1 Å². The molecule has 0 atom stereocenters. The van der Waals surface area contributed by atoms with Crippen molar-refractivity contribution in [2.75, 3.05) is 6.61 Å². The summed E-state index contributed by atoms with van der Waals surface area (Å²) in [4.78, 5) is 7.02. The number of nitrogens with zero attached hydrogens (tertiary/aromatic N) is 2. The van der Waals surface area contributed by atoms with E-state index in [0.29, 0.717) is 10.8 Å². The average molecular weight is 208 g/mol. The molecule has 1 aromatic rings. The Morgan fingerprint density at radius 3 is 2.40 bits per heavy atom. The molecule has 1 saturated carbocycles. The van der Waals surface area contributed by atoms with E-state index in [1.54, 1.807) is 6.20 Å². The van der Waals surface area contributed by atoms with Crippen LogP contribution in [0.1, 0.15) is 34.1 Å². The van der Waals surface area contributed by atoms with Gasteiger partial charge in [-0.05, 0) is 29.2 Å². The van der Waals surface area contributed by atoms with E-state index in [1.165, 1.54) is 4.85 Å². The van der Waals surface area contributed by atoms with E-state index < -0.39 is 0 Å². The number of rotatable bonds is 4. The molecule has 3 heteroatoms. The molecule has 0 saturated heterocycles. The third-order valence-corrected chi connectivity index (χ3v) is 4.43. The van der Waals surface area contributed by atoms with Crippen molar-refractivity contribution in [3.63, 3.8) is 0 Å². The fourth-order valence-corrected chi connectivity index (χ4v) is 2.65. The van der Waals surface area contributed by atoms with E-state index in [0.717, 1.165) is 18.9 Å². The van der Waals surface area contributed by atoms with Gasteiger partial charge < -0.3 is 4.84 Å². The van der Waals surface area contributed by atoms with Crippen LogP contribution in [0.3, 0.4) is 0 Å². The molecule has 1 heterocycles. The second kappa shape index (κ2) is 3.26. The zero-order valence-electron chi connectivity index (χ0n) is 10.0. The maximum atomic E-state index is 5.49. The molecule has 0 aliphatic heterocycles. The molecule has 84 valence electrons. The fraction of sp³-hybridized carbons (Fsp3) is 0.750. The van der Waals surface area contributed by atoms with Crippen LogP contribution in [0.15, 0.2) is 18.5 Å². The summed E-state index contributed by atoms with van der Waals surface area (Å²) in [5.74, 6) is 0.764. The first-order valence-corrected chi connectivity index (χ1v) is 5.59. The molecule has 0 radical (unpaired) electrons. The van der Waals surface area contributed by atoms with Gasteiger partial charge in [0, 0.05) is 0 Å². The fourth-order valence-electron chi connectivity index (χ4n) is 2.65. The first-order chi connectivity index (χ1) is 6.96. The van der Waals surface area contributed by atoms with E-state index in [9.17, 15) is 0 Å². The van der Waals surface area contributed by atoms with Crippen LogP contribution in [-0.4, -0.2) is 16.6 Å². The molecule has 0 N–H and O–H groups in total. The van der Waals surface area contributed by atoms with Gasteiger partial charge in [-0.15, -0.1) is 9.94 Å². The zero-order valence-corrected chi connectivity index (χ0v) is 10.0. The largest absolute Gasteiger partial charge is 0.397 e. The molecule has 0 spiro atoms. The summed E-state index contributed by atoms with van der Waals surface area (Å²) < 4.78 is 0. The van der Waals surface area contributed by atoms with Crippen LogP contribution in [0.5, 0.6) is 0 Å². The Kier molecular flexibility index (Phi) is 2.28.